The first-order valence-corrected chi connectivity index (χ1v) is 12.3. The molecule has 4 rings (SSSR count). The number of nitrogens with zero attached hydrogens (tertiary/aromatic N) is 2. The fourth-order valence-electron chi connectivity index (χ4n) is 3.72. The summed E-state index contributed by atoms with van der Waals surface area (Å²) in [5, 5.41) is 13.3. The lowest BCUT2D eigenvalue weighted by Crippen LogP contribution is -2.54. The molecule has 1 aliphatic heterocycles. The van der Waals surface area contributed by atoms with Crippen LogP contribution in [0.15, 0.2) is 70.7 Å². The Kier molecular flexibility index (Phi) is 7.87. The van der Waals surface area contributed by atoms with Crippen molar-refractivity contribution in [2.75, 3.05) is 11.5 Å². The Balaban J connectivity index is 1.66. The second-order valence-electron chi connectivity index (χ2n) is 8.27. The van der Waals surface area contributed by atoms with E-state index >= 15 is 0 Å². The van der Waals surface area contributed by atoms with Crippen molar-refractivity contribution in [3.05, 3.63) is 97.5 Å². The lowest BCUT2D eigenvalue weighted by Gasteiger charge is -2.26. The van der Waals surface area contributed by atoms with Gasteiger partial charge in [-0.3, -0.25) is 25.0 Å². The fraction of sp³-hybridized carbons (Fsp3) is 0.148. The average Bonchev–Trinajstić information content (AvgIpc) is 2.87. The van der Waals surface area contributed by atoms with E-state index in [0.717, 1.165) is 17.2 Å². The predicted molar refractivity (Wildman–Crippen MR) is 143 cm³/mol. The van der Waals surface area contributed by atoms with Gasteiger partial charge in [0.15, 0.2) is 11.5 Å². The Morgan fingerprint density at radius 1 is 1.05 bits per heavy atom. The highest BCUT2D eigenvalue weighted by Gasteiger charge is 2.37. The number of ether oxygens (including phenoxy) is 2. The predicted octanol–water partition coefficient (Wildman–Crippen LogP) is 5.31. The topological polar surface area (TPSA) is 128 Å². The standard InChI is InChI=1S/C27H22BrN3O7/c1-3-37-23-13-18(12-22(28)24(23)38-15-17-9-7-16(2)8-10-17)11-21-25(32)29-27(34)30(26(21)33)19-5-4-6-20(14-19)31(35)36/h4-14H,3,15H2,1-2H3,(H,29,32,34)/b21-11+. The maximum Gasteiger partial charge on any atom is 0.335 e. The van der Waals surface area contributed by atoms with Crippen molar-refractivity contribution in [1.29, 1.82) is 0 Å². The van der Waals surface area contributed by atoms with Crippen molar-refractivity contribution < 1.29 is 28.8 Å². The van der Waals surface area contributed by atoms with Gasteiger partial charge in [0.05, 0.1) is 21.7 Å². The van der Waals surface area contributed by atoms with Gasteiger partial charge in [-0.1, -0.05) is 35.9 Å². The number of nitro benzene ring substituents is 1. The summed E-state index contributed by atoms with van der Waals surface area (Å²) in [6.45, 7) is 4.43. The molecule has 11 heteroatoms. The molecule has 194 valence electrons. The molecule has 1 heterocycles. The summed E-state index contributed by atoms with van der Waals surface area (Å²) in [6.07, 6.45) is 1.31. The first kappa shape index (κ1) is 26.6. The Labute approximate surface area is 226 Å². The molecule has 38 heavy (non-hydrogen) atoms. The highest BCUT2D eigenvalue weighted by molar-refractivity contribution is 9.10. The number of amides is 4. The Hall–Kier alpha value is -4.51. The van der Waals surface area contributed by atoms with Crippen LogP contribution in [-0.4, -0.2) is 29.4 Å². The number of urea groups is 1. The van der Waals surface area contributed by atoms with Crippen LogP contribution in [-0.2, 0) is 16.2 Å². The van der Waals surface area contributed by atoms with E-state index in [4.69, 9.17) is 9.47 Å². The number of benzene rings is 3. The Bertz CT molecular complexity index is 1470. The van der Waals surface area contributed by atoms with Crippen molar-refractivity contribution in [3.8, 4) is 11.5 Å². The third kappa shape index (κ3) is 5.73. The number of nitro groups is 1. The van der Waals surface area contributed by atoms with Gasteiger partial charge in [0.1, 0.15) is 12.2 Å². The number of imide groups is 2. The first-order chi connectivity index (χ1) is 18.2. The molecule has 3 aromatic carbocycles. The lowest BCUT2D eigenvalue weighted by molar-refractivity contribution is -0.384. The zero-order chi connectivity index (χ0) is 27.4. The van der Waals surface area contributed by atoms with E-state index in [1.807, 2.05) is 38.1 Å². The van der Waals surface area contributed by atoms with Crippen molar-refractivity contribution in [2.24, 2.45) is 0 Å². The van der Waals surface area contributed by atoms with Crippen LogP contribution in [0.3, 0.4) is 0 Å². The van der Waals surface area contributed by atoms with E-state index in [-0.39, 0.29) is 16.9 Å². The minimum Gasteiger partial charge on any atom is -0.490 e. The van der Waals surface area contributed by atoms with E-state index < -0.39 is 22.8 Å². The molecule has 1 fully saturated rings. The molecule has 1 N–H and O–H groups in total. The molecule has 0 saturated carbocycles. The highest BCUT2D eigenvalue weighted by Crippen LogP contribution is 2.38. The van der Waals surface area contributed by atoms with Crippen LogP contribution in [0.1, 0.15) is 23.6 Å². The summed E-state index contributed by atoms with van der Waals surface area (Å²) >= 11 is 3.48. The minimum atomic E-state index is -1.01. The summed E-state index contributed by atoms with van der Waals surface area (Å²) in [5.41, 5.74) is 1.84. The number of barbiturate groups is 1. The quantitative estimate of drug-likeness (QED) is 0.166. The van der Waals surface area contributed by atoms with Gasteiger partial charge < -0.3 is 9.47 Å². The number of non-ortho nitro benzene ring substituents is 1. The second kappa shape index (κ2) is 11.3. The normalized spacial score (nSPS) is 14.4. The van der Waals surface area contributed by atoms with Crippen molar-refractivity contribution >= 4 is 51.2 Å². The third-order valence-electron chi connectivity index (χ3n) is 5.55. The molecular weight excluding hydrogens is 558 g/mol. The van der Waals surface area contributed by atoms with Gasteiger partial charge in [0, 0.05) is 12.1 Å². The molecule has 0 radical (unpaired) electrons. The van der Waals surface area contributed by atoms with E-state index in [9.17, 15) is 24.5 Å². The van der Waals surface area contributed by atoms with Gasteiger partial charge in [-0.2, -0.15) is 0 Å². The molecule has 1 saturated heterocycles. The van der Waals surface area contributed by atoms with Gasteiger partial charge in [0.2, 0.25) is 0 Å². The van der Waals surface area contributed by atoms with Crippen LogP contribution >= 0.6 is 15.9 Å². The second-order valence-corrected chi connectivity index (χ2v) is 9.13. The third-order valence-corrected chi connectivity index (χ3v) is 6.14. The lowest BCUT2D eigenvalue weighted by atomic mass is 10.1. The molecule has 0 atom stereocenters. The van der Waals surface area contributed by atoms with Gasteiger partial charge in [-0.05, 0) is 65.2 Å². The Morgan fingerprint density at radius 3 is 2.47 bits per heavy atom. The van der Waals surface area contributed by atoms with E-state index in [1.165, 1.54) is 24.3 Å². The SMILES string of the molecule is CCOc1cc(/C=C2\C(=O)NC(=O)N(c3cccc([N+](=O)[O-])c3)C2=O)cc(Br)c1OCc1ccc(C)cc1. The molecule has 4 amide bonds. The highest BCUT2D eigenvalue weighted by atomic mass is 79.9. The number of nitrogens with one attached hydrogen (secondary N) is 1. The van der Waals surface area contributed by atoms with Crippen LogP contribution in [0, 0.1) is 17.0 Å². The van der Waals surface area contributed by atoms with Crippen molar-refractivity contribution in [2.45, 2.75) is 20.5 Å². The number of aryl methyl sites for hydroxylation is 1. The molecule has 10 nitrogen and oxygen atoms in total. The maximum absolute atomic E-state index is 13.2. The summed E-state index contributed by atoms with van der Waals surface area (Å²) in [5.74, 6) is -0.984. The summed E-state index contributed by atoms with van der Waals surface area (Å²) in [7, 11) is 0. The van der Waals surface area contributed by atoms with Crippen LogP contribution in [0.25, 0.3) is 6.08 Å². The molecular formula is C27H22BrN3O7. The Morgan fingerprint density at radius 2 is 1.79 bits per heavy atom. The number of carbonyl (C=O) groups is 3. The zero-order valence-corrected chi connectivity index (χ0v) is 22.0. The number of hydrogen-bond acceptors (Lipinski definition) is 7. The smallest absolute Gasteiger partial charge is 0.335 e. The molecule has 3 aromatic rings. The van der Waals surface area contributed by atoms with E-state index in [1.54, 1.807) is 12.1 Å². The largest absolute Gasteiger partial charge is 0.490 e. The summed E-state index contributed by atoms with van der Waals surface area (Å²) in [6, 6.07) is 15.2. The molecule has 0 unspecified atom stereocenters. The molecule has 0 aliphatic carbocycles. The first-order valence-electron chi connectivity index (χ1n) is 11.5. The van der Waals surface area contributed by atoms with Crippen molar-refractivity contribution in [3.63, 3.8) is 0 Å². The summed E-state index contributed by atoms with van der Waals surface area (Å²) in [4.78, 5) is 49.5. The van der Waals surface area contributed by atoms with Gasteiger partial charge in [0.25, 0.3) is 17.5 Å². The van der Waals surface area contributed by atoms with E-state index in [0.29, 0.717) is 39.6 Å². The summed E-state index contributed by atoms with van der Waals surface area (Å²) < 4.78 is 12.3. The van der Waals surface area contributed by atoms with E-state index in [2.05, 4.69) is 21.2 Å². The number of rotatable bonds is 8. The van der Waals surface area contributed by atoms with Gasteiger partial charge >= 0.3 is 6.03 Å². The number of carbonyl (C=O) groups excluding carboxylic acids is 3. The molecule has 0 aromatic heterocycles. The fourth-order valence-corrected chi connectivity index (χ4v) is 4.29. The van der Waals surface area contributed by atoms with Crippen LogP contribution in [0.4, 0.5) is 16.2 Å². The van der Waals surface area contributed by atoms with Crippen LogP contribution in [0.2, 0.25) is 0 Å². The molecule has 0 bridgehead atoms. The minimum absolute atomic E-state index is 0.0452. The molecule has 0 spiro atoms. The van der Waals surface area contributed by atoms with Crippen molar-refractivity contribution in [1.82, 2.24) is 5.32 Å². The van der Waals surface area contributed by atoms with Gasteiger partial charge in [-0.15, -0.1) is 0 Å². The monoisotopic (exact) mass is 579 g/mol. The maximum atomic E-state index is 13.2. The van der Waals surface area contributed by atoms with Crippen LogP contribution in [0.5, 0.6) is 11.5 Å². The zero-order valence-electron chi connectivity index (χ0n) is 20.4. The number of hydrogen-bond donors (Lipinski definition) is 1. The molecule has 1 aliphatic rings. The average molecular weight is 580 g/mol. The van der Waals surface area contributed by atoms with Gasteiger partial charge in [-0.25, -0.2) is 9.69 Å². The van der Waals surface area contributed by atoms with Crippen LogP contribution < -0.4 is 19.7 Å². The number of halogens is 1. The number of anilines is 1.